The molecule has 5 nitrogen and oxygen atoms in total. The molecule has 0 aliphatic heterocycles. The highest BCUT2D eigenvalue weighted by atomic mass is 28.4. The van der Waals surface area contributed by atoms with Crippen molar-refractivity contribution in [3.8, 4) is 0 Å². The van der Waals surface area contributed by atoms with Crippen LogP contribution in [0.4, 0.5) is 0 Å². The third-order valence-corrected chi connectivity index (χ3v) is 6.48. The fraction of sp³-hybridized carbons (Fsp3) is 0.929. The number of esters is 1. The van der Waals surface area contributed by atoms with Gasteiger partial charge in [-0.15, -0.1) is 0 Å². The molecule has 0 radical (unpaired) electrons. The second-order valence-electron chi connectivity index (χ2n) is 4.87. The lowest BCUT2D eigenvalue weighted by molar-refractivity contribution is -0.144. The summed E-state index contributed by atoms with van der Waals surface area (Å²) in [6, 6.07) is 0. The molecule has 0 N–H and O–H groups in total. The van der Waals surface area contributed by atoms with E-state index in [1.807, 2.05) is 0 Å². The van der Waals surface area contributed by atoms with E-state index in [4.69, 9.17) is 18.0 Å². The van der Waals surface area contributed by atoms with Crippen molar-refractivity contribution in [2.45, 2.75) is 57.9 Å². The van der Waals surface area contributed by atoms with Crippen LogP contribution in [0.2, 0.25) is 5.54 Å². The molecule has 0 bridgehead atoms. The molecule has 1 unspecified atom stereocenters. The summed E-state index contributed by atoms with van der Waals surface area (Å²) in [4.78, 5) is 12.0. The van der Waals surface area contributed by atoms with Crippen LogP contribution >= 0.6 is 0 Å². The number of hydrogen-bond acceptors (Lipinski definition) is 5. The predicted molar refractivity (Wildman–Crippen MR) is 80.5 cm³/mol. The van der Waals surface area contributed by atoms with Crippen LogP contribution in [-0.4, -0.2) is 42.7 Å². The number of rotatable bonds is 12. The predicted octanol–water partition coefficient (Wildman–Crippen LogP) is 3.16. The van der Waals surface area contributed by atoms with Crippen LogP contribution in [0.3, 0.4) is 0 Å². The van der Waals surface area contributed by atoms with Gasteiger partial charge in [-0.25, -0.2) is 0 Å². The molecule has 0 aromatic rings. The second kappa shape index (κ2) is 11.3. The average Bonchev–Trinajstić information content (AvgIpc) is 2.48. The first-order chi connectivity index (χ1) is 9.57. The van der Waals surface area contributed by atoms with Gasteiger partial charge in [0.05, 0.1) is 6.61 Å². The van der Waals surface area contributed by atoms with E-state index in [1.54, 1.807) is 6.92 Å². The summed E-state index contributed by atoms with van der Waals surface area (Å²) in [5, 5.41) is 0. The molecule has 20 heavy (non-hydrogen) atoms. The molecule has 0 amide bonds. The normalized spacial score (nSPS) is 13.2. The largest absolute Gasteiger partial charge is 0.514 e. The van der Waals surface area contributed by atoms with Gasteiger partial charge in [0.15, 0.2) is 0 Å². The molecular weight excluding hydrogens is 276 g/mol. The van der Waals surface area contributed by atoms with Crippen LogP contribution in [0.25, 0.3) is 0 Å². The third-order valence-electron chi connectivity index (χ3n) is 3.48. The number of carbonyl (C=O) groups excluding carboxylic acids is 1. The van der Waals surface area contributed by atoms with E-state index in [1.165, 1.54) is 47.0 Å². The van der Waals surface area contributed by atoms with Crippen LogP contribution in [-0.2, 0) is 22.8 Å². The maximum atomic E-state index is 12.0. The van der Waals surface area contributed by atoms with E-state index >= 15 is 0 Å². The Morgan fingerprint density at radius 2 is 1.45 bits per heavy atom. The molecule has 0 rings (SSSR count). The van der Waals surface area contributed by atoms with Crippen molar-refractivity contribution < 1.29 is 22.8 Å². The van der Waals surface area contributed by atoms with Crippen molar-refractivity contribution >= 4 is 14.8 Å². The highest BCUT2D eigenvalue weighted by molar-refractivity contribution is 6.65. The number of hydrogen-bond donors (Lipinski definition) is 0. The van der Waals surface area contributed by atoms with Gasteiger partial charge in [0.2, 0.25) is 0 Å². The van der Waals surface area contributed by atoms with Gasteiger partial charge in [-0.1, -0.05) is 39.0 Å². The van der Waals surface area contributed by atoms with Crippen molar-refractivity contribution in [2.24, 2.45) is 0 Å². The Kier molecular flexibility index (Phi) is 11.0. The molecular formula is C14H30O5Si. The van der Waals surface area contributed by atoms with Gasteiger partial charge >= 0.3 is 14.8 Å². The smallest absolute Gasteiger partial charge is 0.465 e. The van der Waals surface area contributed by atoms with Gasteiger partial charge in [-0.2, -0.15) is 0 Å². The zero-order chi connectivity index (χ0) is 15.4. The van der Waals surface area contributed by atoms with Gasteiger partial charge in [0.25, 0.3) is 0 Å². The van der Waals surface area contributed by atoms with Gasteiger partial charge in [0, 0.05) is 21.3 Å². The third kappa shape index (κ3) is 6.34. The van der Waals surface area contributed by atoms with E-state index in [0.717, 1.165) is 12.8 Å². The highest BCUT2D eigenvalue weighted by Gasteiger charge is 2.49. The lowest BCUT2D eigenvalue weighted by Crippen LogP contribution is -2.49. The zero-order valence-corrected chi connectivity index (χ0v) is 14.6. The SMILES string of the molecule is CCCCCCCCOC(=O)C(C)[Si](OC)(OC)OC. The summed E-state index contributed by atoms with van der Waals surface area (Å²) in [6.07, 6.45) is 6.99. The Morgan fingerprint density at radius 1 is 0.950 bits per heavy atom. The standard InChI is InChI=1S/C14H30O5Si/c1-6-7-8-9-10-11-12-19-14(15)13(2)20(16-3,17-4)18-5/h13H,6-12H2,1-5H3. The lowest BCUT2D eigenvalue weighted by Gasteiger charge is -2.28. The van der Waals surface area contributed by atoms with Crippen molar-refractivity contribution in [3.63, 3.8) is 0 Å². The molecule has 0 saturated heterocycles. The van der Waals surface area contributed by atoms with Crippen molar-refractivity contribution in [1.29, 1.82) is 0 Å². The molecule has 0 spiro atoms. The Morgan fingerprint density at radius 3 is 1.95 bits per heavy atom. The Labute approximate surface area is 124 Å². The number of ether oxygens (including phenoxy) is 1. The maximum absolute atomic E-state index is 12.0. The molecule has 0 saturated carbocycles. The quantitative estimate of drug-likeness (QED) is 0.315. The molecule has 0 aliphatic carbocycles. The van der Waals surface area contributed by atoms with Crippen LogP contribution in [0.15, 0.2) is 0 Å². The van der Waals surface area contributed by atoms with Gasteiger partial charge in [0.1, 0.15) is 5.54 Å². The first-order valence-corrected chi connectivity index (χ1v) is 9.20. The molecule has 0 heterocycles. The van der Waals surface area contributed by atoms with Crippen LogP contribution in [0.5, 0.6) is 0 Å². The maximum Gasteiger partial charge on any atom is 0.514 e. The monoisotopic (exact) mass is 306 g/mol. The molecule has 0 aromatic carbocycles. The Balaban J connectivity index is 3.96. The van der Waals surface area contributed by atoms with E-state index in [9.17, 15) is 4.79 Å². The van der Waals surface area contributed by atoms with Crippen LogP contribution < -0.4 is 0 Å². The van der Waals surface area contributed by atoms with E-state index in [-0.39, 0.29) is 5.97 Å². The summed E-state index contributed by atoms with van der Waals surface area (Å²) < 4.78 is 21.1. The minimum Gasteiger partial charge on any atom is -0.465 e. The van der Waals surface area contributed by atoms with Crippen molar-refractivity contribution in [2.75, 3.05) is 27.9 Å². The molecule has 120 valence electrons. The van der Waals surface area contributed by atoms with Gasteiger partial charge < -0.3 is 18.0 Å². The van der Waals surface area contributed by atoms with Gasteiger partial charge in [-0.3, -0.25) is 4.79 Å². The Hall–Kier alpha value is -0.433. The summed E-state index contributed by atoms with van der Waals surface area (Å²) in [5.41, 5.74) is -0.511. The summed E-state index contributed by atoms with van der Waals surface area (Å²) in [7, 11) is 1.55. The first kappa shape index (κ1) is 19.6. The van der Waals surface area contributed by atoms with Crippen LogP contribution in [0, 0.1) is 0 Å². The minimum absolute atomic E-state index is 0.309. The molecule has 0 aromatic heterocycles. The first-order valence-electron chi connectivity index (χ1n) is 7.40. The summed E-state index contributed by atoms with van der Waals surface area (Å²) >= 11 is 0. The minimum atomic E-state index is -2.94. The second-order valence-corrected chi connectivity index (χ2v) is 8.17. The Bertz CT molecular complexity index is 248. The average molecular weight is 306 g/mol. The van der Waals surface area contributed by atoms with Crippen molar-refractivity contribution in [1.82, 2.24) is 0 Å². The number of unbranched alkanes of at least 4 members (excludes halogenated alkanes) is 5. The zero-order valence-electron chi connectivity index (χ0n) is 13.6. The van der Waals surface area contributed by atoms with E-state index in [2.05, 4.69) is 6.92 Å². The summed E-state index contributed by atoms with van der Waals surface area (Å²) in [5.74, 6) is -0.309. The summed E-state index contributed by atoms with van der Waals surface area (Å²) in [6.45, 7) is 4.38. The van der Waals surface area contributed by atoms with E-state index < -0.39 is 14.3 Å². The highest BCUT2D eigenvalue weighted by Crippen LogP contribution is 2.25. The molecule has 0 aliphatic rings. The van der Waals surface area contributed by atoms with Crippen LogP contribution in [0.1, 0.15) is 52.4 Å². The van der Waals surface area contributed by atoms with Gasteiger partial charge in [-0.05, 0) is 13.3 Å². The number of carbonyl (C=O) groups is 1. The van der Waals surface area contributed by atoms with E-state index in [0.29, 0.717) is 6.61 Å². The fourth-order valence-electron chi connectivity index (χ4n) is 2.10. The molecule has 0 fully saturated rings. The molecule has 6 heteroatoms. The topological polar surface area (TPSA) is 54.0 Å². The van der Waals surface area contributed by atoms with Crippen molar-refractivity contribution in [3.05, 3.63) is 0 Å². The molecule has 1 atom stereocenters. The fourth-order valence-corrected chi connectivity index (χ4v) is 4.04. The lowest BCUT2D eigenvalue weighted by atomic mass is 10.1.